The van der Waals surface area contributed by atoms with Crippen LogP contribution in [0.3, 0.4) is 0 Å². The van der Waals surface area contributed by atoms with Crippen LogP contribution in [0, 0.1) is 11.8 Å². The van der Waals surface area contributed by atoms with Crippen LogP contribution in [-0.4, -0.2) is 33.7 Å². The van der Waals surface area contributed by atoms with Gasteiger partial charge in [-0.2, -0.15) is 13.2 Å². The summed E-state index contributed by atoms with van der Waals surface area (Å²) in [6.07, 6.45) is 0.648. The van der Waals surface area contributed by atoms with E-state index in [-0.39, 0.29) is 18.4 Å². The fourth-order valence-corrected chi connectivity index (χ4v) is 6.13. The molecule has 2 aromatic carbocycles. The predicted octanol–water partition coefficient (Wildman–Crippen LogP) is 2.90. The number of pyridine rings is 1. The Balaban J connectivity index is 0.00000274. The van der Waals surface area contributed by atoms with E-state index in [1.165, 1.54) is 0 Å². The average Bonchev–Trinajstić information content (AvgIpc) is 2.83. The third kappa shape index (κ3) is 4.35. The van der Waals surface area contributed by atoms with Crippen molar-refractivity contribution in [2.24, 2.45) is 11.8 Å². The zero-order valence-corrected chi connectivity index (χ0v) is 19.5. The Morgan fingerprint density at radius 3 is 2.56 bits per heavy atom. The van der Waals surface area contributed by atoms with Gasteiger partial charge in [-0.15, -0.1) is 6.58 Å². The minimum Gasteiger partial charge on any atom is -1.00 e. The first-order valence-corrected chi connectivity index (χ1v) is 11.5. The van der Waals surface area contributed by atoms with Gasteiger partial charge in [0.15, 0.2) is 0 Å². The fourth-order valence-electron chi connectivity index (χ4n) is 6.13. The number of aromatic nitrogens is 1. The van der Waals surface area contributed by atoms with Crippen molar-refractivity contribution in [1.82, 2.24) is 4.98 Å². The lowest BCUT2D eigenvalue weighted by Gasteiger charge is -2.58. The molecular formula is C27H28ClF3N2O. The van der Waals surface area contributed by atoms with Gasteiger partial charge in [-0.1, -0.05) is 36.4 Å². The second-order valence-electron chi connectivity index (χ2n) is 9.59. The van der Waals surface area contributed by atoms with Crippen molar-refractivity contribution in [2.75, 3.05) is 13.1 Å². The minimum absolute atomic E-state index is 0. The Morgan fingerprint density at radius 1 is 1.12 bits per heavy atom. The maximum atomic E-state index is 13.1. The van der Waals surface area contributed by atoms with E-state index >= 15 is 0 Å². The third-order valence-electron chi connectivity index (χ3n) is 7.82. The zero-order chi connectivity index (χ0) is 23.2. The van der Waals surface area contributed by atoms with E-state index in [1.54, 1.807) is 18.3 Å². The molecule has 3 aromatic rings. The highest BCUT2D eigenvalue weighted by Crippen LogP contribution is 2.48. The van der Waals surface area contributed by atoms with Crippen LogP contribution in [0.2, 0.25) is 0 Å². The summed E-state index contributed by atoms with van der Waals surface area (Å²) in [6.45, 7) is 6.39. The minimum atomic E-state index is -4.34. The average molecular weight is 489 g/mol. The highest BCUT2D eigenvalue weighted by molar-refractivity contribution is 5.82. The molecule has 0 saturated carbocycles. The summed E-state index contributed by atoms with van der Waals surface area (Å²) in [5.74, 6) is 0.827. The molecule has 0 aliphatic carbocycles. The van der Waals surface area contributed by atoms with E-state index in [0.717, 1.165) is 60.1 Å². The van der Waals surface area contributed by atoms with Crippen LogP contribution in [0.15, 0.2) is 73.4 Å². The standard InChI is InChI=1S/C27H28F3N2O.ClH/c1-2-19-17-32(16-18-7-9-21(10-8-18)27(28,29)30)14-12-20(19)15-25(32)26(33)23-11-13-31-24-6-4-3-5-22(23)24;/h2-11,13,19-20,25-26,33H,1,12,14-17H2;1H/q+1;/p-1/t19-,20-,25+,26-,32?;/m0./s1. The Labute approximate surface area is 203 Å². The summed E-state index contributed by atoms with van der Waals surface area (Å²) in [6, 6.07) is 15.2. The van der Waals surface area contributed by atoms with Crippen molar-refractivity contribution >= 4 is 10.9 Å². The molecule has 0 amide bonds. The molecule has 7 heteroatoms. The van der Waals surface area contributed by atoms with Gasteiger partial charge in [-0.3, -0.25) is 4.98 Å². The number of quaternary nitrogens is 1. The lowest BCUT2D eigenvalue weighted by atomic mass is 9.71. The van der Waals surface area contributed by atoms with E-state index in [1.807, 2.05) is 36.4 Å². The van der Waals surface area contributed by atoms with E-state index in [9.17, 15) is 18.3 Å². The molecule has 3 aliphatic heterocycles. The number of aliphatic hydroxyl groups is 1. The number of piperidine rings is 3. The smallest absolute Gasteiger partial charge is 0.416 e. The van der Waals surface area contributed by atoms with Crippen LogP contribution < -0.4 is 12.4 Å². The molecule has 1 unspecified atom stereocenters. The van der Waals surface area contributed by atoms with Gasteiger partial charge in [0.05, 0.1) is 24.2 Å². The van der Waals surface area contributed by atoms with E-state index in [4.69, 9.17) is 0 Å². The number of rotatable bonds is 5. The van der Waals surface area contributed by atoms with Crippen molar-refractivity contribution < 1.29 is 35.2 Å². The fraction of sp³-hybridized carbons (Fsp3) is 0.370. The molecular weight excluding hydrogens is 461 g/mol. The number of hydrogen-bond donors (Lipinski definition) is 1. The van der Waals surface area contributed by atoms with Gasteiger partial charge in [0.1, 0.15) is 18.7 Å². The molecule has 5 atom stereocenters. The number of nitrogens with zero attached hydrogens (tertiary/aromatic N) is 2. The SMILES string of the molecule is C=C[C@H]1C[N+]2(Cc3ccc(C(F)(F)F)cc3)CC[C@H]1C[C@@H]2[C@@H](O)c1ccnc2ccccc12.[Cl-]. The van der Waals surface area contributed by atoms with Crippen LogP contribution in [0.4, 0.5) is 13.2 Å². The van der Waals surface area contributed by atoms with Crippen molar-refractivity contribution in [3.05, 3.63) is 90.1 Å². The number of fused-ring (bicyclic) bond motifs is 4. The van der Waals surface area contributed by atoms with Crippen LogP contribution in [-0.2, 0) is 12.7 Å². The molecule has 0 radical (unpaired) electrons. The largest absolute Gasteiger partial charge is 1.00 e. The molecule has 180 valence electrons. The van der Waals surface area contributed by atoms with E-state index in [0.29, 0.717) is 22.9 Å². The van der Waals surface area contributed by atoms with Crippen molar-refractivity contribution in [1.29, 1.82) is 0 Å². The summed E-state index contributed by atoms with van der Waals surface area (Å²) in [7, 11) is 0. The predicted molar refractivity (Wildman–Crippen MR) is 122 cm³/mol. The van der Waals surface area contributed by atoms with Gasteiger partial charge in [-0.05, 0) is 35.7 Å². The Morgan fingerprint density at radius 2 is 1.85 bits per heavy atom. The van der Waals surface area contributed by atoms with E-state index < -0.39 is 17.8 Å². The van der Waals surface area contributed by atoms with Crippen molar-refractivity contribution in [3.8, 4) is 0 Å². The van der Waals surface area contributed by atoms with Crippen molar-refractivity contribution in [3.63, 3.8) is 0 Å². The van der Waals surface area contributed by atoms with Gasteiger partial charge < -0.3 is 22.0 Å². The van der Waals surface area contributed by atoms with Gasteiger partial charge in [0, 0.05) is 35.9 Å². The third-order valence-corrected chi connectivity index (χ3v) is 7.82. The first kappa shape index (κ1) is 24.7. The number of halogens is 4. The molecule has 34 heavy (non-hydrogen) atoms. The molecule has 1 aromatic heterocycles. The second kappa shape index (κ2) is 9.33. The second-order valence-corrected chi connectivity index (χ2v) is 9.59. The molecule has 3 nitrogen and oxygen atoms in total. The maximum Gasteiger partial charge on any atom is 0.416 e. The molecule has 3 saturated heterocycles. The van der Waals surface area contributed by atoms with Gasteiger partial charge in [0.2, 0.25) is 0 Å². The summed E-state index contributed by atoms with van der Waals surface area (Å²) in [5, 5.41) is 12.6. The van der Waals surface area contributed by atoms with Gasteiger partial charge in [0.25, 0.3) is 0 Å². The van der Waals surface area contributed by atoms with Gasteiger partial charge in [-0.25, -0.2) is 0 Å². The summed E-state index contributed by atoms with van der Waals surface area (Å²) in [5.41, 5.74) is 1.96. The molecule has 6 rings (SSSR count). The van der Waals surface area contributed by atoms with E-state index in [2.05, 4.69) is 11.6 Å². The Bertz CT molecular complexity index is 1160. The Hall–Kier alpha value is -2.41. The van der Waals surface area contributed by atoms with Crippen LogP contribution in [0.25, 0.3) is 10.9 Å². The molecule has 2 bridgehead atoms. The molecule has 4 heterocycles. The normalized spacial score (nSPS) is 27.2. The molecule has 3 aliphatic rings. The Kier molecular flexibility index (Phi) is 6.78. The monoisotopic (exact) mass is 488 g/mol. The summed E-state index contributed by atoms with van der Waals surface area (Å²) in [4.78, 5) is 4.43. The van der Waals surface area contributed by atoms with Crippen molar-refractivity contribution in [2.45, 2.75) is 37.7 Å². The van der Waals surface area contributed by atoms with Crippen LogP contribution >= 0.6 is 0 Å². The van der Waals surface area contributed by atoms with Gasteiger partial charge >= 0.3 is 6.18 Å². The van der Waals surface area contributed by atoms with Crippen LogP contribution in [0.1, 0.15) is 35.6 Å². The topological polar surface area (TPSA) is 33.1 Å². The lowest BCUT2D eigenvalue weighted by Crippen LogP contribution is -3.00. The quantitative estimate of drug-likeness (QED) is 0.442. The molecule has 0 spiro atoms. The number of aliphatic hydroxyl groups excluding tert-OH is 1. The molecule has 1 N–H and O–H groups in total. The maximum absolute atomic E-state index is 13.1. The lowest BCUT2D eigenvalue weighted by molar-refractivity contribution is -0.984. The number of benzene rings is 2. The highest BCUT2D eigenvalue weighted by atomic mass is 35.5. The number of hydrogen-bond acceptors (Lipinski definition) is 2. The summed E-state index contributed by atoms with van der Waals surface area (Å²) < 4.78 is 39.8. The summed E-state index contributed by atoms with van der Waals surface area (Å²) >= 11 is 0. The zero-order valence-electron chi connectivity index (χ0n) is 18.8. The number of para-hydroxylation sites is 1. The first-order chi connectivity index (χ1) is 15.8. The first-order valence-electron chi connectivity index (χ1n) is 11.5. The van der Waals surface area contributed by atoms with Crippen LogP contribution in [0.5, 0.6) is 0 Å². The highest BCUT2D eigenvalue weighted by Gasteiger charge is 2.54. The molecule has 3 fully saturated rings. The number of alkyl halides is 3.